The van der Waals surface area contributed by atoms with E-state index in [9.17, 15) is 19.1 Å². The van der Waals surface area contributed by atoms with Gasteiger partial charge in [-0.05, 0) is 30.7 Å². The van der Waals surface area contributed by atoms with Gasteiger partial charge in [-0.25, -0.2) is 14.0 Å². The van der Waals surface area contributed by atoms with Gasteiger partial charge >= 0.3 is 11.9 Å². The van der Waals surface area contributed by atoms with E-state index in [4.69, 9.17) is 14.2 Å². The number of ether oxygens (including phenoxy) is 3. The number of carbonyl (C=O) groups excluding carboxylic acids is 2. The first-order valence-corrected chi connectivity index (χ1v) is 7.97. The third kappa shape index (κ3) is 3.74. The Bertz CT molecular complexity index is 794. The zero-order valence-corrected chi connectivity index (χ0v) is 13.9. The Kier molecular flexibility index (Phi) is 5.29. The monoisotopic (exact) mass is 360 g/mol. The summed E-state index contributed by atoms with van der Waals surface area (Å²) in [6, 6.07) is 14.6. The van der Waals surface area contributed by atoms with Crippen LogP contribution in [0.1, 0.15) is 26.3 Å². The molecule has 1 unspecified atom stereocenters. The average molecular weight is 360 g/mol. The second kappa shape index (κ2) is 7.63. The Labute approximate surface area is 149 Å². The fourth-order valence-electron chi connectivity index (χ4n) is 2.55. The fourth-order valence-corrected chi connectivity index (χ4v) is 2.55. The first-order valence-electron chi connectivity index (χ1n) is 7.97. The molecule has 1 fully saturated rings. The molecule has 1 saturated heterocycles. The molecule has 6 nitrogen and oxygen atoms in total. The summed E-state index contributed by atoms with van der Waals surface area (Å²) in [6.07, 6.45) is -7.04. The Morgan fingerprint density at radius 2 is 1.65 bits per heavy atom. The van der Waals surface area contributed by atoms with Gasteiger partial charge in [-0.1, -0.05) is 36.4 Å². The van der Waals surface area contributed by atoms with E-state index >= 15 is 0 Å². The van der Waals surface area contributed by atoms with Gasteiger partial charge in [0.25, 0.3) is 0 Å². The van der Waals surface area contributed by atoms with Crippen molar-refractivity contribution in [1.82, 2.24) is 0 Å². The molecule has 1 heterocycles. The van der Waals surface area contributed by atoms with E-state index in [0.717, 1.165) is 0 Å². The van der Waals surface area contributed by atoms with Gasteiger partial charge in [0.2, 0.25) is 12.4 Å². The van der Waals surface area contributed by atoms with Gasteiger partial charge in [0.1, 0.15) is 0 Å². The maximum absolute atomic E-state index is 14.2. The van der Waals surface area contributed by atoms with Gasteiger partial charge in [0.05, 0.1) is 11.1 Å². The highest BCUT2D eigenvalue weighted by molar-refractivity contribution is 5.91. The number of halogens is 1. The van der Waals surface area contributed by atoms with Crippen LogP contribution in [-0.2, 0) is 14.2 Å². The lowest BCUT2D eigenvalue weighted by Gasteiger charge is -2.20. The molecule has 7 heteroatoms. The predicted molar refractivity (Wildman–Crippen MR) is 88.0 cm³/mol. The molecule has 0 amide bonds. The number of hydrogen-bond donors (Lipinski definition) is 1. The fraction of sp³-hybridized carbons (Fsp3) is 0.263. The Balaban J connectivity index is 1.74. The van der Waals surface area contributed by atoms with Crippen LogP contribution in [0.4, 0.5) is 4.39 Å². The molecule has 1 aliphatic rings. The van der Waals surface area contributed by atoms with Crippen LogP contribution in [0.25, 0.3) is 0 Å². The lowest BCUT2D eigenvalue weighted by molar-refractivity contribution is -0.181. The van der Waals surface area contributed by atoms with Crippen LogP contribution >= 0.6 is 0 Å². The zero-order valence-electron chi connectivity index (χ0n) is 13.9. The quantitative estimate of drug-likeness (QED) is 0.843. The van der Waals surface area contributed by atoms with Gasteiger partial charge < -0.3 is 19.3 Å². The molecule has 1 aliphatic heterocycles. The normalized spacial score (nSPS) is 24.9. The maximum Gasteiger partial charge on any atom is 0.340 e. The van der Waals surface area contributed by atoms with Crippen molar-refractivity contribution in [2.75, 3.05) is 0 Å². The number of esters is 2. The van der Waals surface area contributed by atoms with E-state index in [2.05, 4.69) is 0 Å². The minimum atomic E-state index is -2.04. The molecule has 0 aromatic heterocycles. The second-order valence-corrected chi connectivity index (χ2v) is 5.80. The average Bonchev–Trinajstić information content (AvgIpc) is 2.90. The van der Waals surface area contributed by atoms with Crippen molar-refractivity contribution in [3.63, 3.8) is 0 Å². The first-order chi connectivity index (χ1) is 12.5. The second-order valence-electron chi connectivity index (χ2n) is 5.80. The summed E-state index contributed by atoms with van der Waals surface area (Å²) >= 11 is 0. The number of hydrogen-bond acceptors (Lipinski definition) is 6. The number of benzene rings is 2. The van der Waals surface area contributed by atoms with Crippen LogP contribution in [0, 0.1) is 6.92 Å². The number of aliphatic hydroxyl groups excluding tert-OH is 1. The molecule has 0 bridgehead atoms. The number of rotatable bonds is 4. The standard InChI is InChI=1S/C19H17FO6/c1-11-7-5-6-10-13(11)17(22)25-19-15(14(20)18(23)26-19)24-16(21)12-8-3-2-4-9-12/h2-10,14-15,18-19,23H,1H3/t14-,15-,18?,19-/m0/s1. The molecule has 3 rings (SSSR count). The molecule has 0 saturated carbocycles. The summed E-state index contributed by atoms with van der Waals surface area (Å²) in [7, 11) is 0. The highest BCUT2D eigenvalue weighted by Gasteiger charge is 2.49. The molecular weight excluding hydrogens is 343 g/mol. The van der Waals surface area contributed by atoms with Crippen molar-refractivity contribution in [1.29, 1.82) is 0 Å². The number of carbonyl (C=O) groups is 2. The Hall–Kier alpha value is -2.77. The molecule has 136 valence electrons. The Morgan fingerprint density at radius 3 is 2.35 bits per heavy atom. The smallest absolute Gasteiger partial charge is 0.340 e. The molecule has 1 N–H and O–H groups in total. The molecule has 4 atom stereocenters. The van der Waals surface area contributed by atoms with E-state index in [-0.39, 0.29) is 11.1 Å². The first kappa shape index (κ1) is 18.0. The van der Waals surface area contributed by atoms with Crippen molar-refractivity contribution in [3.05, 3.63) is 71.3 Å². The van der Waals surface area contributed by atoms with Gasteiger partial charge in [0.15, 0.2) is 12.5 Å². The summed E-state index contributed by atoms with van der Waals surface area (Å²) in [4.78, 5) is 24.4. The van der Waals surface area contributed by atoms with Crippen LogP contribution in [0.3, 0.4) is 0 Å². The minimum Gasteiger partial charge on any atom is -0.449 e. The van der Waals surface area contributed by atoms with Gasteiger partial charge in [-0.2, -0.15) is 0 Å². The van der Waals surface area contributed by atoms with Crippen LogP contribution in [0.2, 0.25) is 0 Å². The molecule has 0 aliphatic carbocycles. The van der Waals surface area contributed by atoms with Crippen molar-refractivity contribution in [2.45, 2.75) is 31.8 Å². The molecule has 0 spiro atoms. The van der Waals surface area contributed by atoms with Crippen molar-refractivity contribution in [3.8, 4) is 0 Å². The third-order valence-electron chi connectivity index (χ3n) is 3.97. The van der Waals surface area contributed by atoms with Gasteiger partial charge in [0, 0.05) is 0 Å². The zero-order chi connectivity index (χ0) is 18.7. The van der Waals surface area contributed by atoms with Crippen molar-refractivity contribution in [2.24, 2.45) is 0 Å². The lowest BCUT2D eigenvalue weighted by atomic mass is 10.1. The minimum absolute atomic E-state index is 0.199. The molecular formula is C19H17FO6. The van der Waals surface area contributed by atoms with Crippen LogP contribution < -0.4 is 0 Å². The highest BCUT2D eigenvalue weighted by atomic mass is 19.1. The van der Waals surface area contributed by atoms with E-state index in [1.54, 1.807) is 49.4 Å². The predicted octanol–water partition coefficient (Wildman–Crippen LogP) is 2.39. The number of aliphatic hydroxyl groups is 1. The number of aryl methyl sites for hydroxylation is 1. The third-order valence-corrected chi connectivity index (χ3v) is 3.97. The highest BCUT2D eigenvalue weighted by Crippen LogP contribution is 2.28. The number of alkyl halides is 1. The molecule has 0 radical (unpaired) electrons. The summed E-state index contributed by atoms with van der Waals surface area (Å²) in [5.74, 6) is -1.58. The summed E-state index contributed by atoms with van der Waals surface area (Å²) < 4.78 is 29.3. The molecule has 2 aromatic carbocycles. The summed E-state index contributed by atoms with van der Waals surface area (Å²) in [6.45, 7) is 1.71. The molecule has 2 aromatic rings. The lowest BCUT2D eigenvalue weighted by Crippen LogP contribution is -2.37. The Morgan fingerprint density at radius 1 is 1.00 bits per heavy atom. The van der Waals surface area contributed by atoms with Crippen LogP contribution in [0.5, 0.6) is 0 Å². The maximum atomic E-state index is 14.2. The van der Waals surface area contributed by atoms with E-state index < -0.39 is 36.8 Å². The largest absolute Gasteiger partial charge is 0.449 e. The van der Waals surface area contributed by atoms with Crippen molar-refractivity contribution < 1.29 is 33.3 Å². The SMILES string of the molecule is Cc1ccccc1C(=O)O[C@H]1OC(O)[C@@H](F)[C@@H]1OC(=O)c1ccccc1. The van der Waals surface area contributed by atoms with Gasteiger partial charge in [-0.3, -0.25) is 0 Å². The van der Waals surface area contributed by atoms with Gasteiger partial charge in [-0.15, -0.1) is 0 Å². The molecule has 26 heavy (non-hydrogen) atoms. The summed E-state index contributed by atoms with van der Waals surface area (Å²) in [5, 5.41) is 9.58. The van der Waals surface area contributed by atoms with E-state index in [1.807, 2.05) is 0 Å². The van der Waals surface area contributed by atoms with Crippen molar-refractivity contribution >= 4 is 11.9 Å². The van der Waals surface area contributed by atoms with Crippen LogP contribution in [-0.4, -0.2) is 41.9 Å². The van der Waals surface area contributed by atoms with E-state index in [1.165, 1.54) is 12.1 Å². The van der Waals surface area contributed by atoms with Crippen LogP contribution in [0.15, 0.2) is 54.6 Å². The van der Waals surface area contributed by atoms with E-state index in [0.29, 0.717) is 5.56 Å². The summed E-state index contributed by atoms with van der Waals surface area (Å²) in [5.41, 5.74) is 1.12. The topological polar surface area (TPSA) is 82.1 Å².